The second kappa shape index (κ2) is 9.01. The SMILES string of the molecule is CN(CCn1cccn1)C(=O)CC1(C(=O)N(C)CCn2cccn2)CCNC1. The molecule has 1 unspecified atom stereocenters. The fraction of sp³-hybridized carbons (Fsp3) is 0.579. The lowest BCUT2D eigenvalue weighted by Crippen LogP contribution is -2.47. The second-order valence-electron chi connectivity index (χ2n) is 7.46. The Kier molecular flexibility index (Phi) is 6.45. The summed E-state index contributed by atoms with van der Waals surface area (Å²) in [4.78, 5) is 29.4. The van der Waals surface area contributed by atoms with Gasteiger partial charge in [0.1, 0.15) is 0 Å². The Hall–Kier alpha value is -2.68. The van der Waals surface area contributed by atoms with Gasteiger partial charge in [-0.05, 0) is 25.1 Å². The number of likely N-dealkylation sites (N-methyl/N-ethyl adjacent to an activating group) is 2. The van der Waals surface area contributed by atoms with Crippen LogP contribution in [0.4, 0.5) is 0 Å². The van der Waals surface area contributed by atoms with Gasteiger partial charge in [0.25, 0.3) is 0 Å². The molecule has 3 rings (SSSR count). The van der Waals surface area contributed by atoms with E-state index in [9.17, 15) is 9.59 Å². The van der Waals surface area contributed by atoms with Gasteiger partial charge < -0.3 is 15.1 Å². The maximum atomic E-state index is 13.2. The largest absolute Gasteiger partial charge is 0.344 e. The number of aromatic nitrogens is 4. The molecular formula is C19H29N7O2. The number of amides is 2. The monoisotopic (exact) mass is 387 g/mol. The molecule has 2 aromatic heterocycles. The van der Waals surface area contributed by atoms with E-state index in [4.69, 9.17) is 0 Å². The van der Waals surface area contributed by atoms with E-state index in [0.717, 1.165) is 6.54 Å². The minimum atomic E-state index is -0.671. The zero-order valence-corrected chi connectivity index (χ0v) is 16.6. The molecule has 1 atom stereocenters. The first-order chi connectivity index (χ1) is 13.5. The third-order valence-electron chi connectivity index (χ3n) is 5.41. The normalized spacial score (nSPS) is 18.9. The number of nitrogens with one attached hydrogen (secondary N) is 1. The van der Waals surface area contributed by atoms with Crippen molar-refractivity contribution in [1.29, 1.82) is 0 Å². The van der Waals surface area contributed by atoms with Gasteiger partial charge in [-0.3, -0.25) is 19.0 Å². The molecule has 0 aromatic carbocycles. The van der Waals surface area contributed by atoms with E-state index in [1.807, 2.05) is 24.5 Å². The van der Waals surface area contributed by atoms with E-state index < -0.39 is 5.41 Å². The number of carbonyl (C=O) groups excluding carboxylic acids is 2. The van der Waals surface area contributed by atoms with Crippen molar-refractivity contribution in [3.8, 4) is 0 Å². The molecule has 0 bridgehead atoms. The summed E-state index contributed by atoms with van der Waals surface area (Å²) in [7, 11) is 3.59. The summed E-state index contributed by atoms with van der Waals surface area (Å²) in [6.07, 6.45) is 8.10. The van der Waals surface area contributed by atoms with Crippen molar-refractivity contribution in [3.63, 3.8) is 0 Å². The molecule has 0 aliphatic carbocycles. The summed E-state index contributed by atoms with van der Waals surface area (Å²) in [5, 5.41) is 11.6. The zero-order valence-electron chi connectivity index (χ0n) is 16.6. The number of carbonyl (C=O) groups is 2. The van der Waals surface area contributed by atoms with Crippen LogP contribution >= 0.6 is 0 Å². The Morgan fingerprint density at radius 2 is 1.64 bits per heavy atom. The molecule has 152 valence electrons. The summed E-state index contributed by atoms with van der Waals surface area (Å²) in [5.74, 6) is 0.0168. The molecular weight excluding hydrogens is 358 g/mol. The van der Waals surface area contributed by atoms with Crippen LogP contribution in [0.25, 0.3) is 0 Å². The lowest BCUT2D eigenvalue weighted by Gasteiger charge is -2.32. The maximum Gasteiger partial charge on any atom is 0.230 e. The summed E-state index contributed by atoms with van der Waals surface area (Å²) in [6, 6.07) is 3.72. The zero-order chi connectivity index (χ0) is 20.0. The van der Waals surface area contributed by atoms with Gasteiger partial charge >= 0.3 is 0 Å². The molecule has 0 radical (unpaired) electrons. The van der Waals surface area contributed by atoms with Crippen LogP contribution in [0, 0.1) is 5.41 Å². The summed E-state index contributed by atoms with van der Waals surface area (Å²) < 4.78 is 3.60. The third-order valence-corrected chi connectivity index (χ3v) is 5.41. The number of nitrogens with zero attached hydrogens (tertiary/aromatic N) is 6. The van der Waals surface area contributed by atoms with E-state index in [2.05, 4.69) is 15.5 Å². The molecule has 28 heavy (non-hydrogen) atoms. The van der Waals surface area contributed by atoms with Gasteiger partial charge in [0.2, 0.25) is 11.8 Å². The lowest BCUT2D eigenvalue weighted by atomic mass is 9.81. The van der Waals surface area contributed by atoms with Crippen molar-refractivity contribution < 1.29 is 9.59 Å². The highest BCUT2D eigenvalue weighted by molar-refractivity contribution is 5.89. The molecule has 2 aromatic rings. The Morgan fingerprint density at radius 3 is 2.14 bits per heavy atom. The van der Waals surface area contributed by atoms with Gasteiger partial charge in [0.15, 0.2) is 0 Å². The standard InChI is InChI=1S/C19H29N7O2/c1-23(11-13-25-9-3-6-21-25)17(27)15-19(5-8-20-16-19)18(28)24(2)12-14-26-10-4-7-22-26/h3-4,6-7,9-10,20H,5,8,11-16H2,1-2H3. The molecule has 1 N–H and O–H groups in total. The number of hydrogen-bond acceptors (Lipinski definition) is 5. The average molecular weight is 387 g/mol. The molecule has 0 saturated carbocycles. The Morgan fingerprint density at radius 1 is 1.04 bits per heavy atom. The average Bonchev–Trinajstić information content (AvgIpc) is 3.46. The molecule has 1 aliphatic rings. The Labute approximate surface area is 165 Å². The van der Waals surface area contributed by atoms with Crippen LogP contribution in [0.1, 0.15) is 12.8 Å². The van der Waals surface area contributed by atoms with Crippen molar-refractivity contribution in [2.75, 3.05) is 40.3 Å². The fourth-order valence-corrected chi connectivity index (χ4v) is 3.58. The van der Waals surface area contributed by atoms with Crippen LogP contribution < -0.4 is 5.32 Å². The van der Waals surface area contributed by atoms with Crippen molar-refractivity contribution in [2.24, 2.45) is 5.41 Å². The second-order valence-corrected chi connectivity index (χ2v) is 7.46. The van der Waals surface area contributed by atoms with Gasteiger partial charge in [-0.15, -0.1) is 0 Å². The minimum absolute atomic E-state index is 0.00955. The van der Waals surface area contributed by atoms with Crippen LogP contribution in [-0.4, -0.2) is 81.4 Å². The lowest BCUT2D eigenvalue weighted by molar-refractivity contribution is -0.146. The predicted octanol–water partition coefficient (Wildman–Crippen LogP) is 0.0664. The first-order valence-corrected chi connectivity index (χ1v) is 9.65. The predicted molar refractivity (Wildman–Crippen MR) is 104 cm³/mol. The molecule has 0 spiro atoms. The van der Waals surface area contributed by atoms with Crippen LogP contribution in [0.3, 0.4) is 0 Å². The van der Waals surface area contributed by atoms with Gasteiger partial charge in [0.05, 0.1) is 18.5 Å². The highest BCUT2D eigenvalue weighted by Gasteiger charge is 2.44. The summed E-state index contributed by atoms with van der Waals surface area (Å²) in [5.41, 5.74) is -0.671. The first kappa shape index (κ1) is 20.1. The molecule has 9 heteroatoms. The number of rotatable bonds is 9. The number of hydrogen-bond donors (Lipinski definition) is 1. The fourth-order valence-electron chi connectivity index (χ4n) is 3.58. The van der Waals surface area contributed by atoms with Crippen LogP contribution in [0.15, 0.2) is 36.9 Å². The van der Waals surface area contributed by atoms with Crippen molar-refractivity contribution in [2.45, 2.75) is 25.9 Å². The van der Waals surface area contributed by atoms with Crippen molar-refractivity contribution in [3.05, 3.63) is 36.9 Å². The molecule has 1 saturated heterocycles. The van der Waals surface area contributed by atoms with E-state index >= 15 is 0 Å². The van der Waals surface area contributed by atoms with Gasteiger partial charge in [-0.25, -0.2) is 0 Å². The van der Waals surface area contributed by atoms with E-state index in [0.29, 0.717) is 39.1 Å². The van der Waals surface area contributed by atoms with Gasteiger partial charge in [0, 0.05) is 64.9 Å². The van der Waals surface area contributed by atoms with E-state index in [1.54, 1.807) is 45.7 Å². The minimum Gasteiger partial charge on any atom is -0.344 e. The smallest absolute Gasteiger partial charge is 0.230 e. The molecule has 1 fully saturated rings. The van der Waals surface area contributed by atoms with Crippen LogP contribution in [0.5, 0.6) is 0 Å². The third kappa shape index (κ3) is 4.78. The topological polar surface area (TPSA) is 88.3 Å². The molecule has 3 heterocycles. The van der Waals surface area contributed by atoms with Crippen molar-refractivity contribution >= 4 is 11.8 Å². The van der Waals surface area contributed by atoms with Crippen LogP contribution in [-0.2, 0) is 22.7 Å². The van der Waals surface area contributed by atoms with Gasteiger partial charge in [-0.1, -0.05) is 0 Å². The van der Waals surface area contributed by atoms with Crippen LogP contribution in [0.2, 0.25) is 0 Å². The van der Waals surface area contributed by atoms with E-state index in [1.165, 1.54) is 0 Å². The molecule has 9 nitrogen and oxygen atoms in total. The quantitative estimate of drug-likeness (QED) is 0.658. The van der Waals surface area contributed by atoms with Gasteiger partial charge in [-0.2, -0.15) is 10.2 Å². The van der Waals surface area contributed by atoms with E-state index in [-0.39, 0.29) is 18.2 Å². The Balaban J connectivity index is 1.57. The van der Waals surface area contributed by atoms with Crippen molar-refractivity contribution in [1.82, 2.24) is 34.7 Å². The maximum absolute atomic E-state index is 13.2. The highest BCUT2D eigenvalue weighted by atomic mass is 16.2. The molecule has 1 aliphatic heterocycles. The Bertz CT molecular complexity index is 751. The summed E-state index contributed by atoms with van der Waals surface area (Å²) in [6.45, 7) is 3.69. The first-order valence-electron chi connectivity index (χ1n) is 9.65. The summed E-state index contributed by atoms with van der Waals surface area (Å²) >= 11 is 0. The highest BCUT2D eigenvalue weighted by Crippen LogP contribution is 2.32. The molecule has 2 amide bonds.